The monoisotopic (exact) mass is 259 g/mol. The van der Waals surface area contributed by atoms with Gasteiger partial charge in [0.1, 0.15) is 0 Å². The predicted octanol–water partition coefficient (Wildman–Crippen LogP) is 2.87. The average Bonchev–Trinajstić information content (AvgIpc) is 3.09. The molecular formula is C14H17N3S. The number of benzene rings is 1. The molecule has 1 aliphatic heterocycles. The Kier molecular flexibility index (Phi) is 3.30. The van der Waals surface area contributed by atoms with Gasteiger partial charge in [0, 0.05) is 30.6 Å². The van der Waals surface area contributed by atoms with Crippen LogP contribution in [-0.2, 0) is 6.54 Å². The van der Waals surface area contributed by atoms with E-state index in [1.165, 1.54) is 18.4 Å². The quantitative estimate of drug-likeness (QED) is 0.921. The Morgan fingerprint density at radius 3 is 2.56 bits per heavy atom. The van der Waals surface area contributed by atoms with Gasteiger partial charge in [0.25, 0.3) is 0 Å². The second-order valence-electron chi connectivity index (χ2n) is 4.61. The molecule has 1 fully saturated rings. The third-order valence-corrected chi connectivity index (χ3v) is 4.26. The lowest BCUT2D eigenvalue weighted by molar-refractivity contribution is 0.949. The first-order chi connectivity index (χ1) is 8.86. The highest BCUT2D eigenvalue weighted by Gasteiger charge is 2.15. The van der Waals surface area contributed by atoms with Gasteiger partial charge in [-0.15, -0.1) is 11.3 Å². The van der Waals surface area contributed by atoms with Crippen LogP contribution in [-0.4, -0.2) is 18.1 Å². The van der Waals surface area contributed by atoms with Crippen LogP contribution in [0.3, 0.4) is 0 Å². The van der Waals surface area contributed by atoms with Crippen molar-refractivity contribution < 1.29 is 0 Å². The van der Waals surface area contributed by atoms with E-state index in [0.717, 1.165) is 29.5 Å². The molecule has 0 saturated carbocycles. The van der Waals surface area contributed by atoms with Crippen molar-refractivity contribution in [2.24, 2.45) is 5.73 Å². The predicted molar refractivity (Wildman–Crippen MR) is 76.9 cm³/mol. The van der Waals surface area contributed by atoms with E-state index in [9.17, 15) is 0 Å². The SMILES string of the molecule is NCc1ccc(-c2csc(N3CCCC3)n2)cc1. The molecule has 0 unspecified atom stereocenters. The van der Waals surface area contributed by atoms with E-state index in [1.54, 1.807) is 11.3 Å². The van der Waals surface area contributed by atoms with Crippen LogP contribution in [0.2, 0.25) is 0 Å². The van der Waals surface area contributed by atoms with E-state index in [1.807, 2.05) is 0 Å². The summed E-state index contributed by atoms with van der Waals surface area (Å²) in [5.41, 5.74) is 9.02. The topological polar surface area (TPSA) is 42.1 Å². The molecule has 0 amide bonds. The van der Waals surface area contributed by atoms with E-state index in [4.69, 9.17) is 10.7 Å². The minimum atomic E-state index is 0.594. The second-order valence-corrected chi connectivity index (χ2v) is 5.45. The molecule has 1 saturated heterocycles. The Morgan fingerprint density at radius 2 is 1.89 bits per heavy atom. The van der Waals surface area contributed by atoms with Crippen molar-refractivity contribution in [2.45, 2.75) is 19.4 Å². The number of nitrogens with zero attached hydrogens (tertiary/aromatic N) is 2. The lowest BCUT2D eigenvalue weighted by atomic mass is 10.1. The highest BCUT2D eigenvalue weighted by Crippen LogP contribution is 2.29. The van der Waals surface area contributed by atoms with Crippen LogP contribution in [0.15, 0.2) is 29.6 Å². The van der Waals surface area contributed by atoms with Crippen LogP contribution in [0.25, 0.3) is 11.3 Å². The Labute approximate surface area is 111 Å². The molecule has 1 aromatic heterocycles. The fourth-order valence-electron chi connectivity index (χ4n) is 2.26. The molecule has 2 heterocycles. The molecular weight excluding hydrogens is 242 g/mol. The highest BCUT2D eigenvalue weighted by atomic mass is 32.1. The van der Waals surface area contributed by atoms with Crippen LogP contribution >= 0.6 is 11.3 Å². The van der Waals surface area contributed by atoms with Crippen LogP contribution in [0, 0.1) is 0 Å². The normalized spacial score (nSPS) is 15.3. The molecule has 0 aliphatic carbocycles. The van der Waals surface area contributed by atoms with Crippen molar-refractivity contribution in [3.63, 3.8) is 0 Å². The fraction of sp³-hybridized carbons (Fsp3) is 0.357. The minimum Gasteiger partial charge on any atom is -0.348 e. The standard InChI is InChI=1S/C14H17N3S/c15-9-11-3-5-12(6-4-11)13-10-18-14(16-13)17-7-1-2-8-17/h3-6,10H,1-2,7-9,15H2. The molecule has 3 nitrogen and oxygen atoms in total. The van der Waals surface area contributed by atoms with Crippen LogP contribution in [0.4, 0.5) is 5.13 Å². The lowest BCUT2D eigenvalue weighted by Crippen LogP contribution is -2.17. The van der Waals surface area contributed by atoms with Gasteiger partial charge in [-0.25, -0.2) is 4.98 Å². The average molecular weight is 259 g/mol. The van der Waals surface area contributed by atoms with Gasteiger partial charge in [-0.3, -0.25) is 0 Å². The molecule has 2 N–H and O–H groups in total. The van der Waals surface area contributed by atoms with E-state index in [0.29, 0.717) is 6.54 Å². The van der Waals surface area contributed by atoms with Gasteiger partial charge in [0.05, 0.1) is 5.69 Å². The molecule has 3 rings (SSSR count). The molecule has 94 valence electrons. The van der Waals surface area contributed by atoms with Crippen molar-refractivity contribution in [3.8, 4) is 11.3 Å². The Hall–Kier alpha value is -1.39. The summed E-state index contributed by atoms with van der Waals surface area (Å²) >= 11 is 1.74. The smallest absolute Gasteiger partial charge is 0.185 e. The summed E-state index contributed by atoms with van der Waals surface area (Å²) < 4.78 is 0. The minimum absolute atomic E-state index is 0.594. The molecule has 4 heteroatoms. The zero-order valence-corrected chi connectivity index (χ0v) is 11.1. The summed E-state index contributed by atoms with van der Waals surface area (Å²) in [5, 5.41) is 3.30. The Morgan fingerprint density at radius 1 is 1.17 bits per heavy atom. The molecule has 0 spiro atoms. The van der Waals surface area contributed by atoms with Crippen LogP contribution < -0.4 is 10.6 Å². The van der Waals surface area contributed by atoms with E-state index >= 15 is 0 Å². The van der Waals surface area contributed by atoms with Gasteiger partial charge in [-0.2, -0.15) is 0 Å². The number of nitrogens with two attached hydrogens (primary N) is 1. The summed E-state index contributed by atoms with van der Waals surface area (Å²) in [4.78, 5) is 7.11. The Bertz CT molecular complexity index is 512. The highest BCUT2D eigenvalue weighted by molar-refractivity contribution is 7.14. The van der Waals surface area contributed by atoms with E-state index in [-0.39, 0.29) is 0 Å². The Balaban J connectivity index is 1.82. The van der Waals surface area contributed by atoms with Gasteiger partial charge < -0.3 is 10.6 Å². The first kappa shape index (κ1) is 11.7. The van der Waals surface area contributed by atoms with Crippen LogP contribution in [0.5, 0.6) is 0 Å². The molecule has 0 radical (unpaired) electrons. The van der Waals surface area contributed by atoms with Crippen molar-refractivity contribution >= 4 is 16.5 Å². The number of hydrogen-bond acceptors (Lipinski definition) is 4. The van der Waals surface area contributed by atoms with Gasteiger partial charge in [-0.1, -0.05) is 24.3 Å². The van der Waals surface area contributed by atoms with Crippen molar-refractivity contribution in [3.05, 3.63) is 35.2 Å². The molecule has 18 heavy (non-hydrogen) atoms. The third-order valence-electron chi connectivity index (χ3n) is 3.35. The number of aromatic nitrogens is 1. The zero-order chi connectivity index (χ0) is 12.4. The van der Waals surface area contributed by atoms with Gasteiger partial charge in [0.15, 0.2) is 5.13 Å². The van der Waals surface area contributed by atoms with Gasteiger partial charge in [0.2, 0.25) is 0 Å². The largest absolute Gasteiger partial charge is 0.348 e. The molecule has 1 aromatic carbocycles. The molecule has 0 bridgehead atoms. The second kappa shape index (κ2) is 5.08. The third kappa shape index (κ3) is 2.26. The van der Waals surface area contributed by atoms with Crippen LogP contribution in [0.1, 0.15) is 18.4 Å². The number of anilines is 1. The van der Waals surface area contributed by atoms with Gasteiger partial charge >= 0.3 is 0 Å². The van der Waals surface area contributed by atoms with Crippen molar-refractivity contribution in [1.29, 1.82) is 0 Å². The molecule has 2 aromatic rings. The summed E-state index contributed by atoms with van der Waals surface area (Å²) in [6.07, 6.45) is 2.58. The van der Waals surface area contributed by atoms with Crippen molar-refractivity contribution in [2.75, 3.05) is 18.0 Å². The number of rotatable bonds is 3. The summed E-state index contributed by atoms with van der Waals surface area (Å²) in [7, 11) is 0. The molecule has 1 aliphatic rings. The first-order valence-electron chi connectivity index (χ1n) is 6.36. The molecule has 0 atom stereocenters. The fourth-order valence-corrected chi connectivity index (χ4v) is 3.15. The van der Waals surface area contributed by atoms with Gasteiger partial charge in [-0.05, 0) is 18.4 Å². The number of hydrogen-bond donors (Lipinski definition) is 1. The summed E-state index contributed by atoms with van der Waals surface area (Å²) in [6.45, 7) is 2.90. The zero-order valence-electron chi connectivity index (χ0n) is 10.3. The lowest BCUT2D eigenvalue weighted by Gasteiger charge is -2.12. The van der Waals surface area contributed by atoms with E-state index < -0.39 is 0 Å². The first-order valence-corrected chi connectivity index (χ1v) is 7.24. The maximum atomic E-state index is 5.61. The summed E-state index contributed by atoms with van der Waals surface area (Å²) in [5.74, 6) is 0. The van der Waals surface area contributed by atoms with Crippen molar-refractivity contribution in [1.82, 2.24) is 4.98 Å². The maximum absolute atomic E-state index is 5.61. The maximum Gasteiger partial charge on any atom is 0.185 e. The summed E-state index contributed by atoms with van der Waals surface area (Å²) in [6, 6.07) is 8.35. The number of thiazole rings is 1. The van der Waals surface area contributed by atoms with E-state index in [2.05, 4.69) is 34.5 Å².